The maximum Gasteiger partial charge on any atom is 0.217 e. The van der Waals surface area contributed by atoms with Gasteiger partial charge in [-0.2, -0.15) is 0 Å². The SMILES string of the molecule is CCNCc1cccnc1OCCOC. The maximum atomic E-state index is 5.50. The highest BCUT2D eigenvalue weighted by Gasteiger charge is 2.03. The van der Waals surface area contributed by atoms with E-state index in [2.05, 4.69) is 17.2 Å². The first-order valence-corrected chi connectivity index (χ1v) is 5.14. The first-order chi connectivity index (χ1) is 7.38. The van der Waals surface area contributed by atoms with Crippen LogP contribution in [0.25, 0.3) is 0 Å². The number of aromatic nitrogens is 1. The zero-order valence-electron chi connectivity index (χ0n) is 9.32. The zero-order chi connectivity index (χ0) is 10.9. The molecule has 1 aromatic rings. The summed E-state index contributed by atoms with van der Waals surface area (Å²) in [6.45, 7) is 4.91. The standard InChI is InChI=1S/C11H18N2O2/c1-3-12-9-10-5-4-6-13-11(10)15-8-7-14-2/h4-6,12H,3,7-9H2,1-2H3. The van der Waals surface area contributed by atoms with Crippen LogP contribution in [-0.2, 0) is 11.3 Å². The lowest BCUT2D eigenvalue weighted by Gasteiger charge is -2.09. The van der Waals surface area contributed by atoms with Crippen molar-refractivity contribution in [3.05, 3.63) is 23.9 Å². The summed E-state index contributed by atoms with van der Waals surface area (Å²) in [5.41, 5.74) is 1.08. The molecule has 0 aromatic carbocycles. The molecule has 0 aliphatic heterocycles. The molecule has 0 fully saturated rings. The van der Waals surface area contributed by atoms with Crippen LogP contribution in [0.3, 0.4) is 0 Å². The van der Waals surface area contributed by atoms with E-state index >= 15 is 0 Å². The fourth-order valence-electron chi connectivity index (χ4n) is 1.17. The van der Waals surface area contributed by atoms with Gasteiger partial charge in [-0.15, -0.1) is 0 Å². The maximum absolute atomic E-state index is 5.50. The molecule has 0 spiro atoms. The van der Waals surface area contributed by atoms with E-state index in [-0.39, 0.29) is 0 Å². The molecule has 0 saturated heterocycles. The molecule has 1 heterocycles. The molecule has 1 N–H and O–H groups in total. The van der Waals surface area contributed by atoms with E-state index in [1.54, 1.807) is 13.3 Å². The van der Waals surface area contributed by atoms with E-state index in [0.29, 0.717) is 19.1 Å². The highest BCUT2D eigenvalue weighted by Crippen LogP contribution is 2.13. The summed E-state index contributed by atoms with van der Waals surface area (Å²) in [5, 5.41) is 3.24. The third-order valence-electron chi connectivity index (χ3n) is 1.94. The fourth-order valence-corrected chi connectivity index (χ4v) is 1.17. The predicted octanol–water partition coefficient (Wildman–Crippen LogP) is 1.22. The van der Waals surface area contributed by atoms with Crippen molar-refractivity contribution < 1.29 is 9.47 Å². The summed E-state index contributed by atoms with van der Waals surface area (Å²) in [5.74, 6) is 0.690. The van der Waals surface area contributed by atoms with Crippen molar-refractivity contribution in [1.29, 1.82) is 0 Å². The van der Waals surface area contributed by atoms with Crippen molar-refractivity contribution in [1.82, 2.24) is 10.3 Å². The van der Waals surface area contributed by atoms with E-state index < -0.39 is 0 Å². The van der Waals surface area contributed by atoms with Crippen molar-refractivity contribution in [2.24, 2.45) is 0 Å². The third-order valence-corrected chi connectivity index (χ3v) is 1.94. The molecule has 4 nitrogen and oxygen atoms in total. The van der Waals surface area contributed by atoms with Gasteiger partial charge in [-0.1, -0.05) is 13.0 Å². The zero-order valence-corrected chi connectivity index (χ0v) is 9.32. The summed E-state index contributed by atoms with van der Waals surface area (Å²) in [6.07, 6.45) is 1.73. The molecule has 84 valence electrons. The van der Waals surface area contributed by atoms with Gasteiger partial charge in [0.1, 0.15) is 6.61 Å². The largest absolute Gasteiger partial charge is 0.475 e. The summed E-state index contributed by atoms with van der Waals surface area (Å²) >= 11 is 0. The molecule has 0 bridgehead atoms. The molecule has 4 heteroatoms. The molecule has 0 atom stereocenters. The Labute approximate surface area is 90.6 Å². The molecule has 1 rings (SSSR count). The lowest BCUT2D eigenvalue weighted by Crippen LogP contribution is -2.14. The second kappa shape index (κ2) is 7.20. The van der Waals surface area contributed by atoms with Gasteiger partial charge >= 0.3 is 0 Å². The molecule has 1 aromatic heterocycles. The minimum Gasteiger partial charge on any atom is -0.475 e. The lowest BCUT2D eigenvalue weighted by atomic mass is 10.2. The average Bonchev–Trinajstić information content (AvgIpc) is 2.28. The number of nitrogens with one attached hydrogen (secondary N) is 1. The van der Waals surface area contributed by atoms with Gasteiger partial charge in [-0.25, -0.2) is 4.98 Å². The highest BCUT2D eigenvalue weighted by atomic mass is 16.5. The van der Waals surface area contributed by atoms with Gasteiger partial charge in [0, 0.05) is 25.4 Å². The fraction of sp³-hybridized carbons (Fsp3) is 0.545. The number of hydrogen-bond acceptors (Lipinski definition) is 4. The summed E-state index contributed by atoms with van der Waals surface area (Å²) in [4.78, 5) is 4.19. The van der Waals surface area contributed by atoms with Crippen LogP contribution in [0.1, 0.15) is 12.5 Å². The van der Waals surface area contributed by atoms with Gasteiger partial charge in [0.15, 0.2) is 0 Å². The first kappa shape index (κ1) is 11.9. The smallest absolute Gasteiger partial charge is 0.217 e. The Kier molecular flexibility index (Phi) is 5.73. The third kappa shape index (κ3) is 4.27. The summed E-state index contributed by atoms with van der Waals surface area (Å²) < 4.78 is 10.4. The molecule has 0 aliphatic rings. The number of methoxy groups -OCH3 is 1. The number of hydrogen-bond donors (Lipinski definition) is 1. The van der Waals surface area contributed by atoms with Crippen LogP contribution < -0.4 is 10.1 Å². The van der Waals surface area contributed by atoms with E-state index in [0.717, 1.165) is 18.7 Å². The molecule has 0 unspecified atom stereocenters. The monoisotopic (exact) mass is 210 g/mol. The van der Waals surface area contributed by atoms with Crippen molar-refractivity contribution in [2.75, 3.05) is 26.9 Å². The number of pyridine rings is 1. The van der Waals surface area contributed by atoms with Gasteiger partial charge < -0.3 is 14.8 Å². The van der Waals surface area contributed by atoms with Gasteiger partial charge in [-0.05, 0) is 12.6 Å². The molecule has 0 radical (unpaired) electrons. The normalized spacial score (nSPS) is 10.3. The molecular formula is C11H18N2O2. The van der Waals surface area contributed by atoms with Gasteiger partial charge in [-0.3, -0.25) is 0 Å². The van der Waals surface area contributed by atoms with Crippen molar-refractivity contribution >= 4 is 0 Å². The molecule has 0 saturated carbocycles. The van der Waals surface area contributed by atoms with Crippen LogP contribution in [0.2, 0.25) is 0 Å². The number of ether oxygens (including phenoxy) is 2. The quantitative estimate of drug-likeness (QED) is 0.687. The molecule has 0 amide bonds. The lowest BCUT2D eigenvalue weighted by molar-refractivity contribution is 0.143. The first-order valence-electron chi connectivity index (χ1n) is 5.14. The topological polar surface area (TPSA) is 43.4 Å². The van der Waals surface area contributed by atoms with Crippen LogP contribution in [0.15, 0.2) is 18.3 Å². The van der Waals surface area contributed by atoms with E-state index in [9.17, 15) is 0 Å². The minimum absolute atomic E-state index is 0.534. The second-order valence-electron chi connectivity index (χ2n) is 3.09. The van der Waals surface area contributed by atoms with Crippen LogP contribution in [0.4, 0.5) is 0 Å². The molecule has 15 heavy (non-hydrogen) atoms. The van der Waals surface area contributed by atoms with Gasteiger partial charge in [0.05, 0.1) is 6.61 Å². The summed E-state index contributed by atoms with van der Waals surface area (Å²) in [7, 11) is 1.65. The molecular weight excluding hydrogens is 192 g/mol. The van der Waals surface area contributed by atoms with E-state index in [4.69, 9.17) is 9.47 Å². The van der Waals surface area contributed by atoms with Crippen LogP contribution >= 0.6 is 0 Å². The number of rotatable bonds is 7. The van der Waals surface area contributed by atoms with Crippen molar-refractivity contribution in [2.45, 2.75) is 13.5 Å². The van der Waals surface area contributed by atoms with E-state index in [1.165, 1.54) is 0 Å². The Bertz CT molecular complexity index is 279. The predicted molar refractivity (Wildman–Crippen MR) is 59.0 cm³/mol. The van der Waals surface area contributed by atoms with Crippen molar-refractivity contribution in [3.8, 4) is 5.88 Å². The Morgan fingerprint density at radius 3 is 3.00 bits per heavy atom. The minimum atomic E-state index is 0.534. The van der Waals surface area contributed by atoms with Crippen LogP contribution in [-0.4, -0.2) is 31.9 Å². The van der Waals surface area contributed by atoms with Crippen LogP contribution in [0, 0.1) is 0 Å². The van der Waals surface area contributed by atoms with Crippen LogP contribution in [0.5, 0.6) is 5.88 Å². The number of nitrogens with zero attached hydrogens (tertiary/aromatic N) is 1. The highest BCUT2D eigenvalue weighted by molar-refractivity contribution is 5.25. The average molecular weight is 210 g/mol. The molecule has 0 aliphatic carbocycles. The summed E-state index contributed by atoms with van der Waals surface area (Å²) in [6, 6.07) is 3.92. The second-order valence-corrected chi connectivity index (χ2v) is 3.09. The Morgan fingerprint density at radius 2 is 2.27 bits per heavy atom. The Hall–Kier alpha value is -1.13. The van der Waals surface area contributed by atoms with Gasteiger partial charge in [0.2, 0.25) is 5.88 Å². The van der Waals surface area contributed by atoms with Crippen molar-refractivity contribution in [3.63, 3.8) is 0 Å². The Balaban J connectivity index is 2.52. The van der Waals surface area contributed by atoms with Gasteiger partial charge in [0.25, 0.3) is 0 Å². The van der Waals surface area contributed by atoms with E-state index in [1.807, 2.05) is 12.1 Å². The Morgan fingerprint density at radius 1 is 1.40 bits per heavy atom.